The van der Waals surface area contributed by atoms with Gasteiger partial charge in [0, 0.05) is 20.7 Å². The molecule has 0 spiro atoms. The Morgan fingerprint density at radius 2 is 2.06 bits per heavy atom. The second-order valence-electron chi connectivity index (χ2n) is 5.37. The van der Waals surface area contributed by atoms with Crippen molar-refractivity contribution in [3.8, 4) is 5.88 Å². The minimum atomic E-state index is -1.000. The molecule has 0 aliphatic rings. The summed E-state index contributed by atoms with van der Waals surface area (Å²) in [7, 11) is -1.000. The molecular formula is C12H24N2O2Si. The summed E-state index contributed by atoms with van der Waals surface area (Å²) in [4.78, 5) is 0. The smallest absolute Gasteiger partial charge is 0.213 e. The van der Waals surface area contributed by atoms with E-state index < -0.39 is 8.07 Å². The van der Waals surface area contributed by atoms with Crippen LogP contribution in [0.2, 0.25) is 25.7 Å². The lowest BCUT2D eigenvalue weighted by Crippen LogP contribution is -2.22. The number of ether oxygens (including phenoxy) is 2. The van der Waals surface area contributed by atoms with Gasteiger partial charge in [-0.15, -0.1) is 0 Å². The maximum Gasteiger partial charge on any atom is 0.213 e. The van der Waals surface area contributed by atoms with Crippen LogP contribution in [0.4, 0.5) is 0 Å². The van der Waals surface area contributed by atoms with Gasteiger partial charge in [-0.25, -0.2) is 4.68 Å². The summed E-state index contributed by atoms with van der Waals surface area (Å²) in [6, 6.07) is 3.05. The summed E-state index contributed by atoms with van der Waals surface area (Å²) < 4.78 is 12.9. The second kappa shape index (κ2) is 6.81. The largest absolute Gasteiger partial charge is 0.478 e. The molecule has 0 unspecified atom stereocenters. The molecule has 1 aromatic heterocycles. The highest BCUT2D eigenvalue weighted by Gasteiger charge is 2.12. The van der Waals surface area contributed by atoms with Gasteiger partial charge in [-0.05, 0) is 12.5 Å². The van der Waals surface area contributed by atoms with Gasteiger partial charge >= 0.3 is 0 Å². The van der Waals surface area contributed by atoms with Crippen LogP contribution in [-0.4, -0.2) is 31.1 Å². The first-order chi connectivity index (χ1) is 8.03. The minimum absolute atomic E-state index is 0.483. The van der Waals surface area contributed by atoms with E-state index in [0.29, 0.717) is 6.73 Å². The van der Waals surface area contributed by atoms with Gasteiger partial charge in [-0.2, -0.15) is 5.10 Å². The first-order valence-electron chi connectivity index (χ1n) is 6.25. The number of nitrogens with zero attached hydrogens (tertiary/aromatic N) is 2. The Balaban J connectivity index is 2.29. The molecule has 0 N–H and O–H groups in total. The fraction of sp³-hybridized carbons (Fsp3) is 0.750. The van der Waals surface area contributed by atoms with E-state index in [4.69, 9.17) is 9.47 Å². The Morgan fingerprint density at radius 1 is 1.29 bits per heavy atom. The van der Waals surface area contributed by atoms with Gasteiger partial charge < -0.3 is 9.47 Å². The average molecular weight is 256 g/mol. The molecule has 1 aromatic rings. The van der Waals surface area contributed by atoms with Crippen molar-refractivity contribution in [3.05, 3.63) is 12.3 Å². The monoisotopic (exact) mass is 256 g/mol. The summed E-state index contributed by atoms with van der Waals surface area (Å²) in [5.41, 5.74) is 0. The van der Waals surface area contributed by atoms with Crippen molar-refractivity contribution in [2.24, 2.45) is 0 Å². The third-order valence-electron chi connectivity index (χ3n) is 2.34. The van der Waals surface area contributed by atoms with Gasteiger partial charge in [0.25, 0.3) is 0 Å². The molecule has 1 rings (SSSR count). The standard InChI is InChI=1S/C12H24N2O2Si/c1-5-8-16-12-6-7-13-14(12)11-15-9-10-17(2,3)4/h6-7H,5,8-11H2,1-4H3. The van der Waals surface area contributed by atoms with Crippen molar-refractivity contribution in [2.45, 2.75) is 45.8 Å². The predicted octanol–water partition coefficient (Wildman–Crippen LogP) is 2.98. The summed E-state index contributed by atoms with van der Waals surface area (Å²) in [6.45, 7) is 11.1. The van der Waals surface area contributed by atoms with Crippen LogP contribution in [0.5, 0.6) is 5.88 Å². The number of aromatic nitrogens is 2. The molecule has 0 aliphatic carbocycles. The molecule has 4 nitrogen and oxygen atoms in total. The molecule has 0 radical (unpaired) electrons. The van der Waals surface area contributed by atoms with Crippen LogP contribution in [-0.2, 0) is 11.5 Å². The van der Waals surface area contributed by atoms with E-state index in [1.807, 2.05) is 6.07 Å². The molecule has 0 saturated heterocycles. The minimum Gasteiger partial charge on any atom is -0.478 e. The van der Waals surface area contributed by atoms with Crippen LogP contribution < -0.4 is 4.74 Å². The van der Waals surface area contributed by atoms with Crippen LogP contribution in [0.1, 0.15) is 13.3 Å². The Labute approximate surface area is 105 Å². The van der Waals surface area contributed by atoms with E-state index in [9.17, 15) is 0 Å². The number of rotatable bonds is 8. The van der Waals surface area contributed by atoms with E-state index >= 15 is 0 Å². The van der Waals surface area contributed by atoms with Crippen molar-refractivity contribution in [3.63, 3.8) is 0 Å². The molecule has 1 heterocycles. The van der Waals surface area contributed by atoms with Gasteiger partial charge in [-0.3, -0.25) is 0 Å². The molecular weight excluding hydrogens is 232 g/mol. The zero-order valence-corrected chi connectivity index (χ0v) is 12.4. The molecule has 0 aromatic carbocycles. The Bertz CT molecular complexity index is 321. The maximum absolute atomic E-state index is 5.63. The molecule has 0 bridgehead atoms. The van der Waals surface area contributed by atoms with Crippen LogP contribution in [0, 0.1) is 0 Å². The van der Waals surface area contributed by atoms with Gasteiger partial charge in [-0.1, -0.05) is 26.6 Å². The zero-order chi connectivity index (χ0) is 12.7. The molecule has 0 fully saturated rings. The van der Waals surface area contributed by atoms with Gasteiger partial charge in [0.1, 0.15) is 6.73 Å². The van der Waals surface area contributed by atoms with Gasteiger partial charge in [0.15, 0.2) is 0 Å². The van der Waals surface area contributed by atoms with Crippen LogP contribution in [0.15, 0.2) is 12.3 Å². The van der Waals surface area contributed by atoms with Crippen molar-refractivity contribution >= 4 is 8.07 Å². The number of hydrogen-bond acceptors (Lipinski definition) is 3. The normalized spacial score (nSPS) is 11.8. The molecule has 0 saturated carbocycles. The zero-order valence-electron chi connectivity index (χ0n) is 11.4. The third-order valence-corrected chi connectivity index (χ3v) is 4.05. The van der Waals surface area contributed by atoms with Crippen molar-refractivity contribution in [2.75, 3.05) is 13.2 Å². The SMILES string of the molecule is CCCOc1ccnn1COCC[Si](C)(C)C. The topological polar surface area (TPSA) is 36.3 Å². The van der Waals surface area contributed by atoms with Crippen LogP contribution in [0.25, 0.3) is 0 Å². The fourth-order valence-corrected chi connectivity index (χ4v) is 2.03. The second-order valence-corrected chi connectivity index (χ2v) is 11.0. The lowest BCUT2D eigenvalue weighted by atomic mass is 10.5. The predicted molar refractivity (Wildman–Crippen MR) is 72.1 cm³/mol. The summed E-state index contributed by atoms with van der Waals surface area (Å²) >= 11 is 0. The summed E-state index contributed by atoms with van der Waals surface area (Å²) in [6.07, 6.45) is 2.74. The van der Waals surface area contributed by atoms with Crippen LogP contribution in [0.3, 0.4) is 0 Å². The lowest BCUT2D eigenvalue weighted by Gasteiger charge is -2.15. The summed E-state index contributed by atoms with van der Waals surface area (Å²) in [5.74, 6) is 0.792. The quantitative estimate of drug-likeness (QED) is 0.530. The Kier molecular flexibility index (Phi) is 5.71. The number of hydrogen-bond donors (Lipinski definition) is 0. The Morgan fingerprint density at radius 3 is 2.71 bits per heavy atom. The van der Waals surface area contributed by atoms with Crippen molar-refractivity contribution < 1.29 is 9.47 Å². The maximum atomic E-state index is 5.63. The van der Waals surface area contributed by atoms with Gasteiger partial charge in [0.2, 0.25) is 5.88 Å². The van der Waals surface area contributed by atoms with E-state index in [1.165, 1.54) is 6.04 Å². The molecule has 0 atom stereocenters. The molecule has 98 valence electrons. The first kappa shape index (κ1) is 14.2. The molecule has 17 heavy (non-hydrogen) atoms. The van der Waals surface area contributed by atoms with E-state index in [-0.39, 0.29) is 0 Å². The fourth-order valence-electron chi connectivity index (χ4n) is 1.28. The van der Waals surface area contributed by atoms with E-state index in [2.05, 4.69) is 31.7 Å². The van der Waals surface area contributed by atoms with E-state index in [1.54, 1.807) is 10.9 Å². The van der Waals surface area contributed by atoms with Crippen molar-refractivity contribution in [1.29, 1.82) is 0 Å². The lowest BCUT2D eigenvalue weighted by molar-refractivity contribution is 0.0703. The highest BCUT2D eigenvalue weighted by Crippen LogP contribution is 2.11. The van der Waals surface area contributed by atoms with Crippen LogP contribution >= 0.6 is 0 Å². The van der Waals surface area contributed by atoms with E-state index in [0.717, 1.165) is 25.5 Å². The summed E-state index contributed by atoms with van der Waals surface area (Å²) in [5, 5.41) is 4.18. The highest BCUT2D eigenvalue weighted by atomic mass is 28.3. The third kappa shape index (κ3) is 5.88. The molecule has 0 amide bonds. The Hall–Kier alpha value is -0.813. The first-order valence-corrected chi connectivity index (χ1v) is 9.96. The van der Waals surface area contributed by atoms with Gasteiger partial charge in [0.05, 0.1) is 12.8 Å². The highest BCUT2D eigenvalue weighted by molar-refractivity contribution is 6.76. The molecule has 0 aliphatic heterocycles. The van der Waals surface area contributed by atoms with Crippen molar-refractivity contribution in [1.82, 2.24) is 9.78 Å². The average Bonchev–Trinajstić information content (AvgIpc) is 2.67. The molecule has 5 heteroatoms.